The predicted octanol–water partition coefficient (Wildman–Crippen LogP) is 6.98. The van der Waals surface area contributed by atoms with Crippen LogP contribution in [0.1, 0.15) is 61.0 Å². The van der Waals surface area contributed by atoms with Crippen molar-refractivity contribution in [3.05, 3.63) is 95.1 Å². The molecule has 0 aliphatic carbocycles. The molecule has 0 saturated carbocycles. The molecule has 3 aromatic carbocycles. The highest BCUT2D eigenvalue weighted by Crippen LogP contribution is 2.38. The lowest BCUT2D eigenvalue weighted by Crippen LogP contribution is -2.47. The largest absolute Gasteiger partial charge is 0.496 e. The van der Waals surface area contributed by atoms with Crippen LogP contribution in [-0.4, -0.2) is 75.7 Å². The van der Waals surface area contributed by atoms with Gasteiger partial charge < -0.3 is 19.3 Å². The number of ether oxygens (including phenoxy) is 2. The molecule has 1 aliphatic rings. The molecule has 1 amide bonds. The first kappa shape index (κ1) is 31.2. The van der Waals surface area contributed by atoms with E-state index in [4.69, 9.17) is 9.47 Å². The summed E-state index contributed by atoms with van der Waals surface area (Å²) in [7, 11) is 3.33. The maximum absolute atomic E-state index is 14.1. The molecule has 1 fully saturated rings. The topological polar surface area (TPSA) is 45.2 Å². The first-order chi connectivity index (χ1) is 20.4. The van der Waals surface area contributed by atoms with Gasteiger partial charge in [-0.3, -0.25) is 9.69 Å². The predicted molar refractivity (Wildman–Crippen MR) is 174 cm³/mol. The molecule has 6 heteroatoms. The van der Waals surface area contributed by atoms with E-state index in [0.29, 0.717) is 30.2 Å². The zero-order valence-electron chi connectivity index (χ0n) is 26.0. The van der Waals surface area contributed by atoms with Crippen LogP contribution >= 0.6 is 0 Å². The minimum atomic E-state index is -0.00277. The summed E-state index contributed by atoms with van der Waals surface area (Å²) in [6, 6.07) is 24.7. The van der Waals surface area contributed by atoms with Crippen molar-refractivity contribution in [3.8, 4) is 11.5 Å². The highest BCUT2D eigenvalue weighted by molar-refractivity contribution is 5.95. The number of carbonyl (C=O) groups excluding carboxylic acids is 1. The Morgan fingerprint density at radius 2 is 1.52 bits per heavy atom. The van der Waals surface area contributed by atoms with Gasteiger partial charge >= 0.3 is 0 Å². The minimum absolute atomic E-state index is 0.00277. The smallest absolute Gasteiger partial charge is 0.254 e. The molecule has 0 aromatic heterocycles. The molecule has 1 unspecified atom stereocenters. The van der Waals surface area contributed by atoms with Gasteiger partial charge in [0.1, 0.15) is 11.5 Å². The van der Waals surface area contributed by atoms with Crippen LogP contribution < -0.4 is 14.4 Å². The van der Waals surface area contributed by atoms with E-state index < -0.39 is 0 Å². The number of hydrogen-bond donors (Lipinski definition) is 0. The number of methoxy groups -OCH3 is 2. The van der Waals surface area contributed by atoms with Crippen molar-refractivity contribution in [2.75, 3.05) is 64.9 Å². The van der Waals surface area contributed by atoms with Gasteiger partial charge in [-0.1, -0.05) is 74.0 Å². The zero-order chi connectivity index (χ0) is 29.9. The van der Waals surface area contributed by atoms with Crippen molar-refractivity contribution < 1.29 is 14.3 Å². The lowest BCUT2D eigenvalue weighted by Gasteiger charge is -2.36. The highest BCUT2D eigenvalue weighted by atomic mass is 16.5. The third-order valence-electron chi connectivity index (χ3n) is 8.23. The quantitative estimate of drug-likeness (QED) is 0.222. The Kier molecular flexibility index (Phi) is 11.5. The molecule has 224 valence electrons. The number of benzene rings is 3. The van der Waals surface area contributed by atoms with Crippen LogP contribution in [0.3, 0.4) is 0 Å². The Morgan fingerprint density at radius 3 is 2.10 bits per heavy atom. The SMILES string of the molecule is CCC(C)c1c(OC)cc(C(=O)N(CCCN2CCN(c3ccccc3)CC2)C/C(C)=C/c2ccccc2)cc1OC. The van der Waals surface area contributed by atoms with Gasteiger partial charge in [-0.15, -0.1) is 0 Å². The number of carbonyl (C=O) groups is 1. The van der Waals surface area contributed by atoms with Gasteiger partial charge in [0, 0.05) is 56.1 Å². The molecule has 0 N–H and O–H groups in total. The third-order valence-corrected chi connectivity index (χ3v) is 8.23. The Bertz CT molecular complexity index is 1280. The summed E-state index contributed by atoms with van der Waals surface area (Å²) in [5.41, 5.74) is 5.18. The van der Waals surface area contributed by atoms with E-state index in [1.807, 2.05) is 35.2 Å². The molecule has 1 heterocycles. The van der Waals surface area contributed by atoms with Crippen molar-refractivity contribution in [2.24, 2.45) is 0 Å². The lowest BCUT2D eigenvalue weighted by atomic mass is 9.94. The van der Waals surface area contributed by atoms with Crippen molar-refractivity contribution in [2.45, 2.75) is 39.5 Å². The van der Waals surface area contributed by atoms with Crippen molar-refractivity contribution in [3.63, 3.8) is 0 Å². The number of piperazine rings is 1. The van der Waals surface area contributed by atoms with Crippen LogP contribution in [0.2, 0.25) is 0 Å². The molecular weight excluding hydrogens is 522 g/mol. The second-order valence-electron chi connectivity index (χ2n) is 11.2. The van der Waals surface area contributed by atoms with E-state index in [0.717, 1.165) is 62.3 Å². The Labute approximate surface area is 252 Å². The summed E-state index contributed by atoms with van der Waals surface area (Å²) < 4.78 is 11.5. The molecule has 3 aromatic rings. The average molecular weight is 570 g/mol. The molecule has 42 heavy (non-hydrogen) atoms. The van der Waals surface area contributed by atoms with Gasteiger partial charge in [0.25, 0.3) is 5.91 Å². The van der Waals surface area contributed by atoms with Crippen LogP contribution in [0.15, 0.2) is 78.4 Å². The van der Waals surface area contributed by atoms with Gasteiger partial charge in [0.2, 0.25) is 0 Å². The fourth-order valence-corrected chi connectivity index (χ4v) is 5.72. The van der Waals surface area contributed by atoms with Crippen LogP contribution in [0.5, 0.6) is 11.5 Å². The fourth-order valence-electron chi connectivity index (χ4n) is 5.72. The summed E-state index contributed by atoms with van der Waals surface area (Å²) in [5.74, 6) is 1.67. The second kappa shape index (κ2) is 15.5. The van der Waals surface area contributed by atoms with Gasteiger partial charge in [0.05, 0.1) is 14.2 Å². The molecule has 1 atom stereocenters. The molecule has 0 bridgehead atoms. The van der Waals surface area contributed by atoms with Crippen molar-refractivity contribution >= 4 is 17.7 Å². The van der Waals surface area contributed by atoms with Gasteiger partial charge in [-0.25, -0.2) is 0 Å². The molecule has 1 saturated heterocycles. The first-order valence-electron chi connectivity index (χ1n) is 15.2. The van der Waals surface area contributed by atoms with Crippen LogP contribution in [-0.2, 0) is 0 Å². The maximum Gasteiger partial charge on any atom is 0.254 e. The van der Waals surface area contributed by atoms with E-state index in [-0.39, 0.29) is 11.8 Å². The van der Waals surface area contributed by atoms with Crippen molar-refractivity contribution in [1.29, 1.82) is 0 Å². The molecule has 4 rings (SSSR count). The minimum Gasteiger partial charge on any atom is -0.496 e. The standard InChI is InChI=1S/C36H47N3O3/c1-6-29(3)35-33(41-4)25-31(26-34(35)42-5)36(40)39(27-28(2)24-30-14-9-7-10-15-30)19-13-18-37-20-22-38(23-21-37)32-16-11-8-12-17-32/h7-12,14-17,24-26,29H,6,13,18-23,27H2,1-5H3/b28-24+. The van der Waals surface area contributed by atoms with E-state index in [2.05, 4.69) is 79.1 Å². The lowest BCUT2D eigenvalue weighted by molar-refractivity contribution is 0.0761. The van der Waals surface area contributed by atoms with E-state index in [9.17, 15) is 4.79 Å². The number of nitrogens with zero attached hydrogens (tertiary/aromatic N) is 3. The molecule has 0 spiro atoms. The second-order valence-corrected chi connectivity index (χ2v) is 11.2. The molecule has 0 radical (unpaired) electrons. The molecular formula is C36H47N3O3. The molecule has 1 aliphatic heterocycles. The van der Waals surface area contributed by atoms with E-state index >= 15 is 0 Å². The summed E-state index contributed by atoms with van der Waals surface area (Å²) in [6.07, 6.45) is 4.03. The Morgan fingerprint density at radius 1 is 0.929 bits per heavy atom. The van der Waals surface area contributed by atoms with Crippen LogP contribution in [0, 0.1) is 0 Å². The number of hydrogen-bond acceptors (Lipinski definition) is 5. The Hall–Kier alpha value is -3.77. The average Bonchev–Trinajstić information content (AvgIpc) is 3.04. The van der Waals surface area contributed by atoms with E-state index in [1.54, 1.807) is 14.2 Å². The number of rotatable bonds is 13. The van der Waals surface area contributed by atoms with E-state index in [1.165, 1.54) is 5.69 Å². The number of para-hydroxylation sites is 1. The summed E-state index contributed by atoms with van der Waals surface area (Å²) in [4.78, 5) is 21.0. The van der Waals surface area contributed by atoms with Crippen LogP contribution in [0.25, 0.3) is 6.08 Å². The van der Waals surface area contributed by atoms with Gasteiger partial charge in [-0.2, -0.15) is 0 Å². The number of anilines is 1. The fraction of sp³-hybridized carbons (Fsp3) is 0.417. The first-order valence-corrected chi connectivity index (χ1v) is 15.2. The van der Waals surface area contributed by atoms with Crippen molar-refractivity contribution in [1.82, 2.24) is 9.80 Å². The summed E-state index contributed by atoms with van der Waals surface area (Å²) in [5, 5.41) is 0. The Balaban J connectivity index is 1.48. The summed E-state index contributed by atoms with van der Waals surface area (Å²) in [6.45, 7) is 12.7. The third kappa shape index (κ3) is 8.16. The monoisotopic (exact) mass is 569 g/mol. The zero-order valence-corrected chi connectivity index (χ0v) is 26.0. The normalized spacial score (nSPS) is 14.9. The van der Waals surface area contributed by atoms with Crippen LogP contribution in [0.4, 0.5) is 5.69 Å². The maximum atomic E-state index is 14.1. The molecule has 6 nitrogen and oxygen atoms in total. The number of amides is 1. The van der Waals surface area contributed by atoms with Gasteiger partial charge in [0.15, 0.2) is 0 Å². The highest BCUT2D eigenvalue weighted by Gasteiger charge is 2.24. The van der Waals surface area contributed by atoms with Gasteiger partial charge in [-0.05, 0) is 62.1 Å². The summed E-state index contributed by atoms with van der Waals surface area (Å²) >= 11 is 0.